The molecule has 0 saturated carbocycles. The van der Waals surface area contributed by atoms with Crippen LogP contribution in [0.3, 0.4) is 0 Å². The summed E-state index contributed by atoms with van der Waals surface area (Å²) >= 11 is 3.52. The summed E-state index contributed by atoms with van der Waals surface area (Å²) in [4.78, 5) is 2.48. The Bertz CT molecular complexity index is 577. The Labute approximate surface area is 128 Å². The van der Waals surface area contributed by atoms with Gasteiger partial charge in [-0.15, -0.1) is 0 Å². The Morgan fingerprint density at radius 2 is 1.80 bits per heavy atom. The highest BCUT2D eigenvalue weighted by atomic mass is 79.9. The predicted octanol–water partition coefficient (Wildman–Crippen LogP) is 4.66. The molecule has 1 fully saturated rings. The van der Waals surface area contributed by atoms with E-state index in [1.807, 2.05) is 0 Å². The van der Waals surface area contributed by atoms with Crippen LogP contribution >= 0.6 is 15.9 Å². The van der Waals surface area contributed by atoms with Crippen molar-refractivity contribution in [2.75, 3.05) is 23.3 Å². The van der Waals surface area contributed by atoms with Crippen LogP contribution in [0.15, 0.2) is 53.0 Å². The van der Waals surface area contributed by atoms with Crippen LogP contribution in [0.1, 0.15) is 18.4 Å². The van der Waals surface area contributed by atoms with Gasteiger partial charge < -0.3 is 10.2 Å². The van der Waals surface area contributed by atoms with Crippen molar-refractivity contribution in [1.82, 2.24) is 0 Å². The summed E-state index contributed by atoms with van der Waals surface area (Å²) in [6.45, 7) is 3.20. The zero-order valence-corrected chi connectivity index (χ0v) is 13.1. The molecular weight excluding hydrogens is 312 g/mol. The first kappa shape index (κ1) is 13.5. The maximum absolute atomic E-state index is 3.57. The highest BCUT2D eigenvalue weighted by Crippen LogP contribution is 2.29. The lowest BCUT2D eigenvalue weighted by molar-refractivity contribution is 0.949. The SMILES string of the molecule is Brc1cccc(CNc2ccccc2N2CCCC2)c1. The molecule has 2 aromatic rings. The van der Waals surface area contributed by atoms with Crippen molar-refractivity contribution in [2.45, 2.75) is 19.4 Å². The summed E-state index contributed by atoms with van der Waals surface area (Å²) < 4.78 is 1.13. The molecule has 20 heavy (non-hydrogen) atoms. The molecule has 1 aliphatic heterocycles. The molecule has 1 heterocycles. The summed E-state index contributed by atoms with van der Waals surface area (Å²) in [6, 6.07) is 17.1. The average molecular weight is 331 g/mol. The number of hydrogen-bond acceptors (Lipinski definition) is 2. The third kappa shape index (κ3) is 3.15. The van der Waals surface area contributed by atoms with Gasteiger partial charge in [-0.2, -0.15) is 0 Å². The van der Waals surface area contributed by atoms with Crippen LogP contribution in [-0.2, 0) is 6.54 Å². The molecule has 0 amide bonds. The molecule has 0 bridgehead atoms. The van der Waals surface area contributed by atoms with E-state index in [4.69, 9.17) is 0 Å². The van der Waals surface area contributed by atoms with Gasteiger partial charge in [-0.1, -0.05) is 40.2 Å². The Morgan fingerprint density at radius 1 is 1.00 bits per heavy atom. The first-order chi connectivity index (χ1) is 9.83. The molecule has 1 aliphatic rings. The summed E-state index contributed by atoms with van der Waals surface area (Å²) in [7, 11) is 0. The van der Waals surface area contributed by atoms with Gasteiger partial charge in [0.25, 0.3) is 0 Å². The van der Waals surface area contributed by atoms with Crippen molar-refractivity contribution in [3.63, 3.8) is 0 Å². The number of nitrogens with zero attached hydrogens (tertiary/aromatic N) is 1. The molecule has 3 rings (SSSR count). The number of rotatable bonds is 4. The number of hydrogen-bond donors (Lipinski definition) is 1. The van der Waals surface area contributed by atoms with Crippen LogP contribution in [0.5, 0.6) is 0 Å². The van der Waals surface area contributed by atoms with Crippen LogP contribution in [0.25, 0.3) is 0 Å². The molecule has 0 aliphatic carbocycles. The standard InChI is InChI=1S/C17H19BrN2/c18-15-7-5-6-14(12-15)13-19-16-8-1-2-9-17(16)20-10-3-4-11-20/h1-2,5-9,12,19H,3-4,10-11,13H2. The van der Waals surface area contributed by atoms with Crippen molar-refractivity contribution in [3.8, 4) is 0 Å². The van der Waals surface area contributed by atoms with Crippen LogP contribution in [-0.4, -0.2) is 13.1 Å². The highest BCUT2D eigenvalue weighted by Gasteiger charge is 2.14. The van der Waals surface area contributed by atoms with Crippen LogP contribution in [0.4, 0.5) is 11.4 Å². The largest absolute Gasteiger partial charge is 0.379 e. The van der Waals surface area contributed by atoms with E-state index in [0.29, 0.717) is 0 Å². The smallest absolute Gasteiger partial charge is 0.0602 e. The minimum atomic E-state index is 0.851. The quantitative estimate of drug-likeness (QED) is 0.876. The van der Waals surface area contributed by atoms with Gasteiger partial charge in [0.05, 0.1) is 11.4 Å². The number of benzene rings is 2. The summed E-state index contributed by atoms with van der Waals surface area (Å²) in [5, 5.41) is 3.57. The molecule has 1 N–H and O–H groups in total. The number of nitrogens with one attached hydrogen (secondary N) is 1. The Hall–Kier alpha value is -1.48. The Kier molecular flexibility index (Phi) is 4.26. The molecule has 1 saturated heterocycles. The molecule has 2 aromatic carbocycles. The van der Waals surface area contributed by atoms with Gasteiger partial charge in [-0.3, -0.25) is 0 Å². The van der Waals surface area contributed by atoms with Gasteiger partial charge in [0.2, 0.25) is 0 Å². The molecule has 104 valence electrons. The van der Waals surface area contributed by atoms with E-state index in [9.17, 15) is 0 Å². The third-order valence-corrected chi connectivity index (χ3v) is 4.22. The van der Waals surface area contributed by atoms with Crippen LogP contribution in [0, 0.1) is 0 Å². The number of halogens is 1. The predicted molar refractivity (Wildman–Crippen MR) is 89.4 cm³/mol. The number of para-hydroxylation sites is 2. The van der Waals surface area contributed by atoms with Gasteiger partial charge in [0, 0.05) is 24.1 Å². The lowest BCUT2D eigenvalue weighted by atomic mass is 10.2. The van der Waals surface area contributed by atoms with Gasteiger partial charge in [-0.25, -0.2) is 0 Å². The Morgan fingerprint density at radius 3 is 2.60 bits per heavy atom. The summed E-state index contributed by atoms with van der Waals surface area (Å²) in [5.41, 5.74) is 3.85. The Balaban J connectivity index is 1.74. The molecule has 2 nitrogen and oxygen atoms in total. The fourth-order valence-corrected chi connectivity index (χ4v) is 3.15. The zero-order chi connectivity index (χ0) is 13.8. The average Bonchev–Trinajstić information content (AvgIpc) is 3.00. The van der Waals surface area contributed by atoms with Crippen LogP contribution < -0.4 is 10.2 Å². The highest BCUT2D eigenvalue weighted by molar-refractivity contribution is 9.10. The van der Waals surface area contributed by atoms with Crippen LogP contribution in [0.2, 0.25) is 0 Å². The second kappa shape index (κ2) is 6.31. The lowest BCUT2D eigenvalue weighted by Crippen LogP contribution is -2.19. The molecule has 0 unspecified atom stereocenters. The fourth-order valence-electron chi connectivity index (χ4n) is 2.70. The zero-order valence-electron chi connectivity index (χ0n) is 11.5. The van der Waals surface area contributed by atoms with Crippen molar-refractivity contribution in [1.29, 1.82) is 0 Å². The molecule has 3 heteroatoms. The van der Waals surface area contributed by atoms with E-state index in [1.54, 1.807) is 0 Å². The number of anilines is 2. The van der Waals surface area contributed by atoms with E-state index in [-0.39, 0.29) is 0 Å². The first-order valence-electron chi connectivity index (χ1n) is 7.15. The van der Waals surface area contributed by atoms with Crippen molar-refractivity contribution in [2.24, 2.45) is 0 Å². The normalized spacial score (nSPS) is 14.6. The third-order valence-electron chi connectivity index (χ3n) is 3.72. The second-order valence-electron chi connectivity index (χ2n) is 5.19. The van der Waals surface area contributed by atoms with Gasteiger partial charge >= 0.3 is 0 Å². The van der Waals surface area contributed by atoms with E-state index in [0.717, 1.165) is 11.0 Å². The van der Waals surface area contributed by atoms with E-state index >= 15 is 0 Å². The molecule has 0 aromatic heterocycles. The maximum Gasteiger partial charge on any atom is 0.0602 e. The molecule has 0 spiro atoms. The minimum absolute atomic E-state index is 0.851. The van der Waals surface area contributed by atoms with E-state index in [1.165, 1.54) is 42.9 Å². The van der Waals surface area contributed by atoms with Gasteiger partial charge in [0.1, 0.15) is 0 Å². The van der Waals surface area contributed by atoms with Crippen molar-refractivity contribution < 1.29 is 0 Å². The van der Waals surface area contributed by atoms with Crippen molar-refractivity contribution >= 4 is 27.3 Å². The fraction of sp³-hybridized carbons (Fsp3) is 0.294. The topological polar surface area (TPSA) is 15.3 Å². The molecule has 0 atom stereocenters. The monoisotopic (exact) mass is 330 g/mol. The lowest BCUT2D eigenvalue weighted by Gasteiger charge is -2.22. The van der Waals surface area contributed by atoms with E-state index in [2.05, 4.69) is 74.7 Å². The molecule has 0 radical (unpaired) electrons. The summed E-state index contributed by atoms with van der Waals surface area (Å²) in [6.07, 6.45) is 2.61. The minimum Gasteiger partial charge on any atom is -0.379 e. The van der Waals surface area contributed by atoms with E-state index < -0.39 is 0 Å². The van der Waals surface area contributed by atoms with Gasteiger partial charge in [0.15, 0.2) is 0 Å². The first-order valence-corrected chi connectivity index (χ1v) is 7.94. The summed E-state index contributed by atoms with van der Waals surface area (Å²) in [5.74, 6) is 0. The van der Waals surface area contributed by atoms with Crippen molar-refractivity contribution in [3.05, 3.63) is 58.6 Å². The molecular formula is C17H19BrN2. The maximum atomic E-state index is 3.57. The van der Waals surface area contributed by atoms with Gasteiger partial charge in [-0.05, 0) is 42.7 Å². The second-order valence-corrected chi connectivity index (χ2v) is 6.11.